The van der Waals surface area contributed by atoms with Gasteiger partial charge in [-0.15, -0.1) is 0 Å². The lowest BCUT2D eigenvalue weighted by atomic mass is 10.1. The largest absolute Gasteiger partial charge is 0.457 e. The number of hydrogen-bond acceptors (Lipinski definition) is 4. The Kier molecular flexibility index (Phi) is 3.85. The fraction of sp³-hybridized carbons (Fsp3) is 0.188. The molecular weight excluding hydrogens is 313 g/mol. The molecule has 0 saturated carbocycles. The van der Waals surface area contributed by atoms with Crippen LogP contribution in [0.25, 0.3) is 0 Å². The van der Waals surface area contributed by atoms with Crippen molar-refractivity contribution in [2.24, 2.45) is 0 Å². The van der Waals surface area contributed by atoms with Gasteiger partial charge >= 0.3 is 12.1 Å². The molecule has 23 heavy (non-hydrogen) atoms. The van der Waals surface area contributed by atoms with Crippen LogP contribution in [0.3, 0.4) is 0 Å². The molecule has 0 saturated heterocycles. The lowest BCUT2D eigenvalue weighted by molar-refractivity contribution is -0.137. The molecule has 0 radical (unpaired) electrons. The molecule has 0 N–H and O–H groups in total. The Balaban J connectivity index is 1.63. The number of hydrogen-bond donors (Lipinski definition) is 0. The summed E-state index contributed by atoms with van der Waals surface area (Å²) >= 11 is 0. The van der Waals surface area contributed by atoms with Crippen molar-refractivity contribution in [3.63, 3.8) is 0 Å². The highest BCUT2D eigenvalue weighted by Gasteiger charge is 2.30. The quantitative estimate of drug-likeness (QED) is 0.806. The SMILES string of the molecule is O=C(OCc1ccc2c(c1)OCO2)c1ccc(C(F)(F)F)cc1. The van der Waals surface area contributed by atoms with E-state index in [2.05, 4.69) is 0 Å². The monoisotopic (exact) mass is 324 g/mol. The molecule has 0 aromatic heterocycles. The second-order valence-electron chi connectivity index (χ2n) is 4.84. The maximum atomic E-state index is 12.5. The number of benzene rings is 2. The standard InChI is InChI=1S/C16H11F3O4/c17-16(18,19)12-4-2-11(3-5-12)15(20)21-8-10-1-6-13-14(7-10)23-9-22-13/h1-7H,8-9H2. The number of halogens is 3. The van der Waals surface area contributed by atoms with E-state index in [0.29, 0.717) is 17.1 Å². The number of carbonyl (C=O) groups is 1. The van der Waals surface area contributed by atoms with Gasteiger partial charge in [-0.2, -0.15) is 13.2 Å². The summed E-state index contributed by atoms with van der Waals surface area (Å²) in [6, 6.07) is 8.96. The average molecular weight is 324 g/mol. The smallest absolute Gasteiger partial charge is 0.416 e. The molecule has 0 fully saturated rings. The van der Waals surface area contributed by atoms with Crippen molar-refractivity contribution < 1.29 is 32.2 Å². The van der Waals surface area contributed by atoms with Crippen LogP contribution in [0.1, 0.15) is 21.5 Å². The van der Waals surface area contributed by atoms with Crippen molar-refractivity contribution in [3.8, 4) is 11.5 Å². The second-order valence-corrected chi connectivity index (χ2v) is 4.84. The molecule has 4 nitrogen and oxygen atoms in total. The Bertz CT molecular complexity index is 723. The predicted molar refractivity (Wildman–Crippen MR) is 73.1 cm³/mol. The van der Waals surface area contributed by atoms with E-state index < -0.39 is 17.7 Å². The minimum Gasteiger partial charge on any atom is -0.457 e. The summed E-state index contributed by atoms with van der Waals surface area (Å²) in [5.41, 5.74) is -0.0712. The molecule has 2 aromatic rings. The third-order valence-corrected chi connectivity index (χ3v) is 3.25. The highest BCUT2D eigenvalue weighted by molar-refractivity contribution is 5.89. The summed E-state index contributed by atoms with van der Waals surface area (Å²) in [6.07, 6.45) is -4.44. The maximum Gasteiger partial charge on any atom is 0.416 e. The third kappa shape index (κ3) is 3.39. The molecule has 0 aliphatic carbocycles. The lowest BCUT2D eigenvalue weighted by Crippen LogP contribution is -2.08. The first-order valence-electron chi connectivity index (χ1n) is 6.66. The van der Waals surface area contributed by atoms with E-state index in [1.807, 2.05) is 0 Å². The summed E-state index contributed by atoms with van der Waals surface area (Å²) in [4.78, 5) is 11.9. The molecule has 7 heteroatoms. The van der Waals surface area contributed by atoms with Gasteiger partial charge in [0.25, 0.3) is 0 Å². The second kappa shape index (κ2) is 5.83. The normalized spacial score (nSPS) is 13.0. The number of esters is 1. The van der Waals surface area contributed by atoms with Gasteiger partial charge in [-0.1, -0.05) is 6.07 Å². The molecule has 2 aromatic carbocycles. The van der Waals surface area contributed by atoms with E-state index in [1.54, 1.807) is 18.2 Å². The van der Waals surface area contributed by atoms with Crippen molar-refractivity contribution in [3.05, 3.63) is 59.2 Å². The first-order valence-corrected chi connectivity index (χ1v) is 6.66. The van der Waals surface area contributed by atoms with E-state index >= 15 is 0 Å². The van der Waals surface area contributed by atoms with Gasteiger partial charge in [0.05, 0.1) is 11.1 Å². The van der Waals surface area contributed by atoms with Crippen LogP contribution in [0.5, 0.6) is 11.5 Å². The number of ether oxygens (including phenoxy) is 3. The van der Waals surface area contributed by atoms with Gasteiger partial charge in [0.2, 0.25) is 6.79 Å². The number of rotatable bonds is 3. The zero-order valence-corrected chi connectivity index (χ0v) is 11.7. The summed E-state index contributed by atoms with van der Waals surface area (Å²) in [5.74, 6) is 0.479. The molecule has 0 amide bonds. The van der Waals surface area contributed by atoms with Crippen molar-refractivity contribution in [2.45, 2.75) is 12.8 Å². The zero-order valence-electron chi connectivity index (χ0n) is 11.7. The van der Waals surface area contributed by atoms with Gasteiger partial charge in [0, 0.05) is 0 Å². The summed E-state index contributed by atoms with van der Waals surface area (Å²) in [5, 5.41) is 0. The molecule has 3 rings (SSSR count). The number of fused-ring (bicyclic) bond motifs is 1. The van der Waals surface area contributed by atoms with Gasteiger partial charge in [0.1, 0.15) is 6.61 Å². The van der Waals surface area contributed by atoms with Crippen LogP contribution >= 0.6 is 0 Å². The van der Waals surface area contributed by atoms with Crippen LogP contribution < -0.4 is 9.47 Å². The first-order chi connectivity index (χ1) is 10.9. The van der Waals surface area contributed by atoms with E-state index in [0.717, 1.165) is 24.3 Å². The van der Waals surface area contributed by atoms with Gasteiger partial charge in [0.15, 0.2) is 11.5 Å². The topological polar surface area (TPSA) is 44.8 Å². The van der Waals surface area contributed by atoms with Crippen LogP contribution in [0.4, 0.5) is 13.2 Å². The molecule has 0 bridgehead atoms. The van der Waals surface area contributed by atoms with Gasteiger partial charge in [-0.3, -0.25) is 0 Å². The minimum absolute atomic E-state index is 0.0174. The van der Waals surface area contributed by atoms with Gasteiger partial charge in [-0.25, -0.2) is 4.79 Å². The van der Waals surface area contributed by atoms with Gasteiger partial charge < -0.3 is 14.2 Å². The Labute approximate surface area is 129 Å². The average Bonchev–Trinajstić information content (AvgIpc) is 2.99. The maximum absolute atomic E-state index is 12.5. The van der Waals surface area contributed by atoms with E-state index in [-0.39, 0.29) is 19.0 Å². The predicted octanol–water partition coefficient (Wildman–Crippen LogP) is 3.79. The van der Waals surface area contributed by atoms with E-state index in [4.69, 9.17) is 14.2 Å². The van der Waals surface area contributed by atoms with Crippen LogP contribution in [0, 0.1) is 0 Å². The summed E-state index contributed by atoms with van der Waals surface area (Å²) < 4.78 is 52.8. The molecule has 1 heterocycles. The molecule has 1 aliphatic heterocycles. The highest BCUT2D eigenvalue weighted by Crippen LogP contribution is 2.33. The Morgan fingerprint density at radius 1 is 1.04 bits per heavy atom. The van der Waals surface area contributed by atoms with Crippen molar-refractivity contribution in [2.75, 3.05) is 6.79 Å². The van der Waals surface area contributed by atoms with Crippen molar-refractivity contribution in [1.29, 1.82) is 0 Å². The van der Waals surface area contributed by atoms with Gasteiger partial charge in [-0.05, 0) is 42.0 Å². The number of carbonyl (C=O) groups excluding carboxylic acids is 1. The Morgan fingerprint density at radius 3 is 2.43 bits per heavy atom. The highest BCUT2D eigenvalue weighted by atomic mass is 19.4. The van der Waals surface area contributed by atoms with Crippen LogP contribution in [-0.4, -0.2) is 12.8 Å². The Morgan fingerprint density at radius 2 is 1.74 bits per heavy atom. The molecule has 1 aliphatic rings. The fourth-order valence-corrected chi connectivity index (χ4v) is 2.06. The molecule has 0 spiro atoms. The Hall–Kier alpha value is -2.70. The van der Waals surface area contributed by atoms with E-state index in [1.165, 1.54) is 0 Å². The van der Waals surface area contributed by atoms with Crippen molar-refractivity contribution >= 4 is 5.97 Å². The van der Waals surface area contributed by atoms with E-state index in [9.17, 15) is 18.0 Å². The first kappa shape index (κ1) is 15.2. The lowest BCUT2D eigenvalue weighted by Gasteiger charge is -2.08. The summed E-state index contributed by atoms with van der Waals surface area (Å²) in [7, 11) is 0. The van der Waals surface area contributed by atoms with Crippen molar-refractivity contribution in [1.82, 2.24) is 0 Å². The molecule has 120 valence electrons. The molecule has 0 unspecified atom stereocenters. The van der Waals surface area contributed by atoms with Crippen LogP contribution in [0.15, 0.2) is 42.5 Å². The van der Waals surface area contributed by atoms with Crippen LogP contribution in [-0.2, 0) is 17.5 Å². The zero-order chi connectivity index (χ0) is 16.4. The number of alkyl halides is 3. The third-order valence-electron chi connectivity index (χ3n) is 3.25. The molecule has 0 atom stereocenters. The summed E-state index contributed by atoms with van der Waals surface area (Å²) in [6.45, 7) is 0.126. The minimum atomic E-state index is -4.44. The van der Waals surface area contributed by atoms with Crippen LogP contribution in [0.2, 0.25) is 0 Å². The fourth-order valence-electron chi connectivity index (χ4n) is 2.06. The molecular formula is C16H11F3O4.